The van der Waals surface area contributed by atoms with Crippen molar-refractivity contribution in [1.82, 2.24) is 4.98 Å². The molecule has 5 heteroatoms. The van der Waals surface area contributed by atoms with Crippen molar-refractivity contribution >= 4 is 28.6 Å². The molecule has 0 aliphatic carbocycles. The zero-order chi connectivity index (χ0) is 14.0. The SMILES string of the molecule is COc1ccc2nc(C)cc(SC(C)C(=O)O)c2c1. The lowest BCUT2D eigenvalue weighted by atomic mass is 10.2. The number of fused-ring (bicyclic) bond motifs is 1. The van der Waals surface area contributed by atoms with Crippen molar-refractivity contribution in [1.29, 1.82) is 0 Å². The van der Waals surface area contributed by atoms with E-state index in [1.165, 1.54) is 11.8 Å². The molecule has 1 aromatic heterocycles. The number of aryl methyl sites for hydroxylation is 1. The number of benzene rings is 1. The van der Waals surface area contributed by atoms with Crippen molar-refractivity contribution in [2.24, 2.45) is 0 Å². The van der Waals surface area contributed by atoms with Crippen molar-refractivity contribution in [2.75, 3.05) is 7.11 Å². The summed E-state index contributed by atoms with van der Waals surface area (Å²) in [6.45, 7) is 3.58. The molecular weight excluding hydrogens is 262 g/mol. The maximum Gasteiger partial charge on any atom is 0.316 e. The second-order valence-electron chi connectivity index (χ2n) is 4.24. The number of aliphatic carboxylic acids is 1. The predicted molar refractivity (Wildman–Crippen MR) is 76.0 cm³/mol. The van der Waals surface area contributed by atoms with Crippen molar-refractivity contribution in [3.05, 3.63) is 30.0 Å². The standard InChI is InChI=1S/C14H15NO3S/c1-8-6-13(19-9(2)14(16)17)11-7-10(18-3)4-5-12(11)15-8/h4-7,9H,1-3H3,(H,16,17). The Hall–Kier alpha value is -1.75. The molecule has 0 fully saturated rings. The van der Waals surface area contributed by atoms with Gasteiger partial charge >= 0.3 is 5.97 Å². The van der Waals surface area contributed by atoms with Crippen molar-refractivity contribution in [3.63, 3.8) is 0 Å². The quantitative estimate of drug-likeness (QED) is 0.870. The summed E-state index contributed by atoms with van der Waals surface area (Å²) in [6, 6.07) is 7.53. The molecule has 0 amide bonds. The molecule has 1 heterocycles. The van der Waals surface area contributed by atoms with E-state index in [2.05, 4.69) is 4.98 Å². The molecule has 1 aromatic carbocycles. The van der Waals surface area contributed by atoms with Gasteiger partial charge in [-0.25, -0.2) is 0 Å². The summed E-state index contributed by atoms with van der Waals surface area (Å²) >= 11 is 1.32. The van der Waals surface area contributed by atoms with Crippen LogP contribution in [-0.2, 0) is 4.79 Å². The second-order valence-corrected chi connectivity index (χ2v) is 5.63. The van der Waals surface area contributed by atoms with E-state index in [9.17, 15) is 4.79 Å². The number of hydrogen-bond donors (Lipinski definition) is 1. The Morgan fingerprint density at radius 1 is 1.42 bits per heavy atom. The largest absolute Gasteiger partial charge is 0.497 e. The zero-order valence-corrected chi connectivity index (χ0v) is 11.8. The number of rotatable bonds is 4. The van der Waals surface area contributed by atoms with E-state index in [0.717, 1.165) is 27.2 Å². The predicted octanol–water partition coefficient (Wildman–Crippen LogP) is 3.12. The second kappa shape index (κ2) is 5.48. The van der Waals surface area contributed by atoms with Gasteiger partial charge in [0.15, 0.2) is 0 Å². The Balaban J connectivity index is 2.53. The Kier molecular flexibility index (Phi) is 3.95. The van der Waals surface area contributed by atoms with Crippen LogP contribution in [0.4, 0.5) is 0 Å². The number of nitrogens with zero attached hydrogens (tertiary/aromatic N) is 1. The van der Waals surface area contributed by atoms with Gasteiger partial charge in [0, 0.05) is 16.0 Å². The van der Waals surface area contributed by atoms with Crippen LogP contribution in [0.15, 0.2) is 29.2 Å². The molecule has 1 unspecified atom stereocenters. The van der Waals surface area contributed by atoms with Gasteiger partial charge in [0.1, 0.15) is 11.0 Å². The number of hydrogen-bond acceptors (Lipinski definition) is 4. The fraction of sp³-hybridized carbons (Fsp3) is 0.286. The van der Waals surface area contributed by atoms with Crippen molar-refractivity contribution in [3.8, 4) is 5.75 Å². The average molecular weight is 277 g/mol. The maximum atomic E-state index is 11.0. The van der Waals surface area contributed by atoms with Gasteiger partial charge < -0.3 is 9.84 Å². The molecule has 19 heavy (non-hydrogen) atoms. The lowest BCUT2D eigenvalue weighted by molar-refractivity contribution is -0.136. The van der Waals surface area contributed by atoms with E-state index in [4.69, 9.17) is 9.84 Å². The average Bonchev–Trinajstić information content (AvgIpc) is 2.38. The lowest BCUT2D eigenvalue weighted by Gasteiger charge is -2.11. The molecule has 2 aromatic rings. The van der Waals surface area contributed by atoms with E-state index in [-0.39, 0.29) is 0 Å². The van der Waals surface area contributed by atoms with Gasteiger partial charge in [0.2, 0.25) is 0 Å². The van der Waals surface area contributed by atoms with Crippen LogP contribution in [-0.4, -0.2) is 28.4 Å². The Morgan fingerprint density at radius 2 is 2.16 bits per heavy atom. The first-order valence-corrected chi connectivity index (χ1v) is 6.74. The van der Waals surface area contributed by atoms with E-state index in [1.807, 2.05) is 31.2 Å². The van der Waals surface area contributed by atoms with Crippen molar-refractivity contribution < 1.29 is 14.6 Å². The van der Waals surface area contributed by atoms with Crippen LogP contribution in [0, 0.1) is 6.92 Å². The topological polar surface area (TPSA) is 59.4 Å². The summed E-state index contributed by atoms with van der Waals surface area (Å²) < 4.78 is 5.21. The number of methoxy groups -OCH3 is 1. The summed E-state index contributed by atoms with van der Waals surface area (Å²) in [5, 5.41) is 9.44. The van der Waals surface area contributed by atoms with Gasteiger partial charge in [0.25, 0.3) is 0 Å². The third kappa shape index (κ3) is 2.98. The number of thioether (sulfide) groups is 1. The van der Waals surface area contributed by atoms with Crippen LogP contribution < -0.4 is 4.74 Å². The first kappa shape index (κ1) is 13.7. The molecule has 1 atom stereocenters. The number of carboxylic acid groups (broad SMARTS) is 1. The zero-order valence-electron chi connectivity index (χ0n) is 11.0. The molecule has 0 saturated heterocycles. The fourth-order valence-corrected chi connectivity index (χ4v) is 2.78. The Labute approximate surface area is 115 Å². The summed E-state index contributed by atoms with van der Waals surface area (Å²) in [5.41, 5.74) is 1.72. The molecule has 0 radical (unpaired) electrons. The number of carboxylic acids is 1. The number of ether oxygens (including phenoxy) is 1. The van der Waals surface area contributed by atoms with Crippen LogP contribution in [0.3, 0.4) is 0 Å². The van der Waals surface area contributed by atoms with E-state index in [0.29, 0.717) is 0 Å². The normalized spacial score (nSPS) is 12.4. The maximum absolute atomic E-state index is 11.0. The van der Waals surface area contributed by atoms with Gasteiger partial charge in [-0.2, -0.15) is 0 Å². The molecule has 100 valence electrons. The van der Waals surface area contributed by atoms with Gasteiger partial charge in [-0.05, 0) is 38.1 Å². The third-order valence-electron chi connectivity index (χ3n) is 2.76. The first-order valence-electron chi connectivity index (χ1n) is 5.86. The summed E-state index contributed by atoms with van der Waals surface area (Å²) in [5.74, 6) is -0.0847. The highest BCUT2D eigenvalue weighted by Crippen LogP contribution is 2.32. The minimum Gasteiger partial charge on any atom is -0.497 e. The Bertz CT molecular complexity index is 627. The first-order chi connectivity index (χ1) is 9.01. The fourth-order valence-electron chi connectivity index (χ4n) is 1.77. The summed E-state index contributed by atoms with van der Waals surface area (Å²) in [7, 11) is 1.61. The molecular formula is C14H15NO3S. The molecule has 0 saturated carbocycles. The van der Waals surface area contributed by atoms with Gasteiger partial charge in [0.05, 0.1) is 12.6 Å². The van der Waals surface area contributed by atoms with Gasteiger partial charge in [-0.1, -0.05) is 0 Å². The van der Waals surface area contributed by atoms with E-state index < -0.39 is 11.2 Å². The van der Waals surface area contributed by atoms with Crippen LogP contribution in [0.25, 0.3) is 10.9 Å². The molecule has 0 aliphatic rings. The van der Waals surface area contributed by atoms with Crippen LogP contribution in [0.2, 0.25) is 0 Å². The summed E-state index contributed by atoms with van der Waals surface area (Å²) in [4.78, 5) is 16.3. The van der Waals surface area contributed by atoms with Crippen LogP contribution in [0.1, 0.15) is 12.6 Å². The highest BCUT2D eigenvalue weighted by atomic mass is 32.2. The third-order valence-corrected chi connectivity index (χ3v) is 3.90. The van der Waals surface area contributed by atoms with Gasteiger partial charge in [-0.15, -0.1) is 11.8 Å². The van der Waals surface area contributed by atoms with E-state index in [1.54, 1.807) is 14.0 Å². The monoisotopic (exact) mass is 277 g/mol. The van der Waals surface area contributed by atoms with Gasteiger partial charge in [-0.3, -0.25) is 9.78 Å². The molecule has 2 rings (SSSR count). The van der Waals surface area contributed by atoms with Crippen molar-refractivity contribution in [2.45, 2.75) is 24.0 Å². The molecule has 0 spiro atoms. The number of pyridine rings is 1. The molecule has 0 aliphatic heterocycles. The minimum absolute atomic E-state index is 0.504. The highest BCUT2D eigenvalue weighted by molar-refractivity contribution is 8.00. The highest BCUT2D eigenvalue weighted by Gasteiger charge is 2.15. The Morgan fingerprint density at radius 3 is 2.79 bits per heavy atom. The smallest absolute Gasteiger partial charge is 0.316 e. The molecule has 0 bridgehead atoms. The molecule has 1 N–H and O–H groups in total. The number of aromatic nitrogens is 1. The van der Waals surface area contributed by atoms with Crippen LogP contribution in [0.5, 0.6) is 5.75 Å². The molecule has 4 nitrogen and oxygen atoms in total. The van der Waals surface area contributed by atoms with Crippen LogP contribution >= 0.6 is 11.8 Å². The number of carbonyl (C=O) groups is 1. The minimum atomic E-state index is -0.824. The van der Waals surface area contributed by atoms with E-state index >= 15 is 0 Å². The lowest BCUT2D eigenvalue weighted by Crippen LogP contribution is -2.11. The summed E-state index contributed by atoms with van der Waals surface area (Å²) in [6.07, 6.45) is 0.